The molecule has 0 aliphatic carbocycles. The summed E-state index contributed by atoms with van der Waals surface area (Å²) in [6.45, 7) is 4.04. The van der Waals surface area contributed by atoms with Gasteiger partial charge in [-0.3, -0.25) is 9.59 Å². The Balaban J connectivity index is 1.78. The molecule has 0 radical (unpaired) electrons. The van der Waals surface area contributed by atoms with Crippen molar-refractivity contribution in [3.8, 4) is 11.5 Å². The fourth-order valence-corrected chi connectivity index (χ4v) is 3.77. The van der Waals surface area contributed by atoms with Crippen LogP contribution in [0.15, 0.2) is 89.6 Å². The zero-order valence-electron chi connectivity index (χ0n) is 18.1. The van der Waals surface area contributed by atoms with Crippen molar-refractivity contribution >= 4 is 17.4 Å². The Bertz CT molecular complexity index is 1180. The lowest BCUT2D eigenvalue weighted by molar-refractivity contribution is -0.140. The first-order valence-corrected chi connectivity index (χ1v) is 10.3. The van der Waals surface area contributed by atoms with Gasteiger partial charge < -0.3 is 23.9 Å². The first-order chi connectivity index (χ1) is 16.0. The second kappa shape index (κ2) is 9.48. The molecule has 1 unspecified atom stereocenters. The summed E-state index contributed by atoms with van der Waals surface area (Å²) in [6.07, 6.45) is 3.13. The summed E-state index contributed by atoms with van der Waals surface area (Å²) in [5, 5.41) is 11.1. The highest BCUT2D eigenvalue weighted by Crippen LogP contribution is 2.40. The first-order valence-electron chi connectivity index (χ1n) is 10.3. The third kappa shape index (κ3) is 4.39. The number of ether oxygens (including phenoxy) is 2. The number of aliphatic hydroxyl groups excluding tert-OH is 1. The molecule has 1 amide bonds. The Morgan fingerprint density at radius 2 is 1.79 bits per heavy atom. The van der Waals surface area contributed by atoms with Gasteiger partial charge >= 0.3 is 0 Å². The van der Waals surface area contributed by atoms with E-state index in [0.717, 1.165) is 0 Å². The summed E-state index contributed by atoms with van der Waals surface area (Å²) < 4.78 is 16.1. The van der Waals surface area contributed by atoms with E-state index in [1.165, 1.54) is 11.2 Å². The van der Waals surface area contributed by atoms with Gasteiger partial charge in [-0.25, -0.2) is 0 Å². The van der Waals surface area contributed by atoms with Gasteiger partial charge in [-0.05, 0) is 54.1 Å². The summed E-state index contributed by atoms with van der Waals surface area (Å²) in [5.41, 5.74) is 1.07. The van der Waals surface area contributed by atoms with Crippen LogP contribution < -0.4 is 9.47 Å². The molecule has 2 heterocycles. The lowest BCUT2D eigenvalue weighted by atomic mass is 9.95. The number of methoxy groups -OCH3 is 1. The molecular weight excluding hydrogens is 422 g/mol. The number of hydrogen-bond acceptors (Lipinski definition) is 6. The summed E-state index contributed by atoms with van der Waals surface area (Å²) in [6, 6.07) is 16.3. The molecule has 2 aromatic carbocycles. The van der Waals surface area contributed by atoms with Crippen LogP contribution in [0, 0.1) is 0 Å². The highest BCUT2D eigenvalue weighted by Gasteiger charge is 2.46. The first kappa shape index (κ1) is 22.0. The number of hydrogen-bond donors (Lipinski definition) is 1. The van der Waals surface area contributed by atoms with Gasteiger partial charge in [0.2, 0.25) is 0 Å². The largest absolute Gasteiger partial charge is 0.507 e. The Morgan fingerprint density at radius 1 is 1.09 bits per heavy atom. The van der Waals surface area contributed by atoms with Gasteiger partial charge in [-0.15, -0.1) is 0 Å². The van der Waals surface area contributed by atoms with Crippen molar-refractivity contribution in [1.29, 1.82) is 0 Å². The molecule has 7 heteroatoms. The van der Waals surface area contributed by atoms with E-state index in [0.29, 0.717) is 35.0 Å². The Labute approximate surface area is 191 Å². The molecule has 3 aromatic rings. The zero-order valence-corrected chi connectivity index (χ0v) is 18.1. The number of amides is 1. The lowest BCUT2D eigenvalue weighted by Gasteiger charge is -2.24. The van der Waals surface area contributed by atoms with Crippen molar-refractivity contribution in [3.05, 3.63) is 102 Å². The zero-order chi connectivity index (χ0) is 23.4. The maximum absolute atomic E-state index is 13.1. The molecule has 1 aromatic heterocycles. The summed E-state index contributed by atoms with van der Waals surface area (Å²) in [7, 11) is 1.56. The van der Waals surface area contributed by atoms with E-state index in [4.69, 9.17) is 13.9 Å². The van der Waals surface area contributed by atoms with Gasteiger partial charge in [-0.2, -0.15) is 0 Å². The SMILES string of the molecule is C=CCOc1ccc(/C(O)=C2/C(=O)C(=O)N(Cc3ccco3)C2c2ccc(OC)cc2)cc1. The van der Waals surface area contributed by atoms with Gasteiger partial charge in [0, 0.05) is 5.56 Å². The van der Waals surface area contributed by atoms with E-state index in [2.05, 4.69) is 6.58 Å². The van der Waals surface area contributed by atoms with Crippen molar-refractivity contribution < 1.29 is 28.6 Å². The summed E-state index contributed by atoms with van der Waals surface area (Å²) in [5.74, 6) is 0.0327. The molecule has 1 atom stereocenters. The Kier molecular flexibility index (Phi) is 6.31. The van der Waals surface area contributed by atoms with Gasteiger partial charge in [0.05, 0.1) is 31.5 Å². The average Bonchev–Trinajstić information content (AvgIpc) is 3.45. The Hall–Kier alpha value is -4.26. The maximum atomic E-state index is 13.1. The molecule has 168 valence electrons. The molecule has 7 nitrogen and oxygen atoms in total. The molecule has 0 bridgehead atoms. The molecule has 0 saturated carbocycles. The molecule has 1 N–H and O–H groups in total. The average molecular weight is 445 g/mol. The number of furan rings is 1. The predicted octanol–water partition coefficient (Wildman–Crippen LogP) is 4.47. The van der Waals surface area contributed by atoms with Crippen LogP contribution in [-0.2, 0) is 16.1 Å². The van der Waals surface area contributed by atoms with Crippen LogP contribution in [0.1, 0.15) is 22.9 Å². The Morgan fingerprint density at radius 3 is 2.39 bits per heavy atom. The number of benzene rings is 2. The number of aliphatic hydroxyl groups is 1. The van der Waals surface area contributed by atoms with E-state index < -0.39 is 17.7 Å². The summed E-state index contributed by atoms with van der Waals surface area (Å²) >= 11 is 0. The minimum atomic E-state index is -0.794. The second-order valence-corrected chi connectivity index (χ2v) is 7.40. The fourth-order valence-electron chi connectivity index (χ4n) is 3.77. The van der Waals surface area contributed by atoms with Gasteiger partial charge in [0.15, 0.2) is 0 Å². The molecule has 1 saturated heterocycles. The minimum absolute atomic E-state index is 0.0106. The number of nitrogens with zero attached hydrogens (tertiary/aromatic N) is 1. The van der Waals surface area contributed by atoms with Crippen LogP contribution in [0.25, 0.3) is 5.76 Å². The van der Waals surface area contributed by atoms with Crippen LogP contribution in [0.2, 0.25) is 0 Å². The van der Waals surface area contributed by atoms with Crippen molar-refractivity contribution in [2.45, 2.75) is 12.6 Å². The molecule has 0 spiro atoms. The highest BCUT2D eigenvalue weighted by atomic mass is 16.5. The maximum Gasteiger partial charge on any atom is 0.296 e. The van der Waals surface area contributed by atoms with E-state index in [1.54, 1.807) is 73.8 Å². The fraction of sp³-hybridized carbons (Fsp3) is 0.154. The van der Waals surface area contributed by atoms with Gasteiger partial charge in [0.1, 0.15) is 29.6 Å². The van der Waals surface area contributed by atoms with E-state index in [9.17, 15) is 14.7 Å². The third-order valence-electron chi connectivity index (χ3n) is 5.37. The van der Waals surface area contributed by atoms with E-state index >= 15 is 0 Å². The van der Waals surface area contributed by atoms with Crippen LogP contribution in [-0.4, -0.2) is 35.4 Å². The van der Waals surface area contributed by atoms with Crippen molar-refractivity contribution in [1.82, 2.24) is 4.90 Å². The molecule has 4 rings (SSSR count). The second-order valence-electron chi connectivity index (χ2n) is 7.40. The van der Waals surface area contributed by atoms with Crippen molar-refractivity contribution in [2.75, 3.05) is 13.7 Å². The summed E-state index contributed by atoms with van der Waals surface area (Å²) in [4.78, 5) is 27.5. The number of ketones is 1. The van der Waals surface area contributed by atoms with Crippen molar-refractivity contribution in [3.63, 3.8) is 0 Å². The number of Topliss-reactive ketones (excluding diaryl/α,β-unsaturated/α-hetero) is 1. The smallest absolute Gasteiger partial charge is 0.296 e. The van der Waals surface area contributed by atoms with Crippen LogP contribution in [0.5, 0.6) is 11.5 Å². The van der Waals surface area contributed by atoms with Crippen LogP contribution >= 0.6 is 0 Å². The monoisotopic (exact) mass is 445 g/mol. The van der Waals surface area contributed by atoms with E-state index in [-0.39, 0.29) is 17.9 Å². The van der Waals surface area contributed by atoms with Crippen LogP contribution in [0.4, 0.5) is 0 Å². The molecule has 1 aliphatic heterocycles. The number of likely N-dealkylation sites (tertiary alicyclic amines) is 1. The molecule has 1 fully saturated rings. The third-order valence-corrected chi connectivity index (χ3v) is 5.37. The number of rotatable bonds is 8. The highest BCUT2D eigenvalue weighted by molar-refractivity contribution is 6.46. The molecular formula is C26H23NO6. The predicted molar refractivity (Wildman–Crippen MR) is 122 cm³/mol. The quantitative estimate of drug-likeness (QED) is 0.238. The molecule has 1 aliphatic rings. The molecule has 33 heavy (non-hydrogen) atoms. The number of carbonyl (C=O) groups excluding carboxylic acids is 2. The van der Waals surface area contributed by atoms with E-state index in [1.807, 2.05) is 0 Å². The van der Waals surface area contributed by atoms with Gasteiger partial charge in [0.25, 0.3) is 11.7 Å². The van der Waals surface area contributed by atoms with Gasteiger partial charge in [-0.1, -0.05) is 24.8 Å². The van der Waals surface area contributed by atoms with Crippen molar-refractivity contribution in [2.24, 2.45) is 0 Å². The lowest BCUT2D eigenvalue weighted by Crippen LogP contribution is -2.29. The standard InChI is InChI=1S/C26H23NO6/c1-3-14-32-20-12-8-18(9-13-20)24(28)22-23(17-6-10-19(31-2)11-7-17)27(26(30)25(22)29)16-21-5-4-15-33-21/h3-13,15,23,28H,1,14,16H2,2H3/b24-22-. The van der Waals surface area contributed by atoms with Crippen LogP contribution in [0.3, 0.4) is 0 Å². The number of carbonyl (C=O) groups is 2. The minimum Gasteiger partial charge on any atom is -0.507 e. The normalized spacial score (nSPS) is 17.2. The topological polar surface area (TPSA) is 89.2 Å².